The van der Waals surface area contributed by atoms with Crippen molar-refractivity contribution in [2.24, 2.45) is 7.05 Å². The maximum atomic E-state index is 12.7. The van der Waals surface area contributed by atoms with Gasteiger partial charge in [-0.05, 0) is 49.1 Å². The molecule has 1 aromatic heterocycles. The lowest BCUT2D eigenvalue weighted by Crippen LogP contribution is -2.06. The summed E-state index contributed by atoms with van der Waals surface area (Å²) in [5.74, 6) is 0.694. The fraction of sp³-hybridized carbons (Fsp3) is 0.438. The van der Waals surface area contributed by atoms with E-state index < -0.39 is 11.9 Å². The van der Waals surface area contributed by atoms with E-state index in [4.69, 9.17) is 4.74 Å². The zero-order valence-electron chi connectivity index (χ0n) is 13.5. The Balaban J connectivity index is 3.19. The SMILES string of the molecule is C=C(C(C)=CC(OC)=C(C)CC)c1cc(C(F)(F)F)nn1C. The van der Waals surface area contributed by atoms with Gasteiger partial charge >= 0.3 is 6.18 Å². The highest BCUT2D eigenvalue weighted by atomic mass is 19.4. The molecule has 0 unspecified atom stereocenters. The molecular formula is C16H21F3N2O. The molecule has 0 aliphatic carbocycles. The minimum Gasteiger partial charge on any atom is -0.497 e. The summed E-state index contributed by atoms with van der Waals surface area (Å²) in [6.45, 7) is 9.61. The summed E-state index contributed by atoms with van der Waals surface area (Å²) in [6.07, 6.45) is -1.87. The number of alkyl halides is 3. The summed E-state index contributed by atoms with van der Waals surface area (Å²) in [5.41, 5.74) is 1.65. The summed E-state index contributed by atoms with van der Waals surface area (Å²) in [7, 11) is 3.03. The summed E-state index contributed by atoms with van der Waals surface area (Å²) in [5, 5.41) is 3.50. The molecule has 0 bridgehead atoms. The molecule has 0 aliphatic rings. The van der Waals surface area contributed by atoms with Crippen LogP contribution in [0, 0.1) is 0 Å². The van der Waals surface area contributed by atoms with E-state index in [0.717, 1.165) is 23.6 Å². The molecule has 0 N–H and O–H groups in total. The van der Waals surface area contributed by atoms with Crippen molar-refractivity contribution in [2.75, 3.05) is 7.11 Å². The summed E-state index contributed by atoms with van der Waals surface area (Å²) >= 11 is 0. The molecule has 1 rings (SSSR count). The van der Waals surface area contributed by atoms with Crippen LogP contribution in [0.15, 0.2) is 35.6 Å². The van der Waals surface area contributed by atoms with E-state index in [1.54, 1.807) is 20.1 Å². The standard InChI is InChI=1S/C16H21F3N2O/c1-7-10(2)14(22-6)8-11(3)12(4)13-9-15(16(17,18)19)20-21(13)5/h8-9H,4,7H2,1-3,5-6H3. The van der Waals surface area contributed by atoms with E-state index in [1.807, 2.05) is 13.8 Å². The van der Waals surface area contributed by atoms with Gasteiger partial charge in [0.05, 0.1) is 12.8 Å². The Bertz CT molecular complexity index is 622. The van der Waals surface area contributed by atoms with Crippen molar-refractivity contribution < 1.29 is 17.9 Å². The van der Waals surface area contributed by atoms with E-state index in [0.29, 0.717) is 17.0 Å². The number of methoxy groups -OCH3 is 1. The van der Waals surface area contributed by atoms with Gasteiger partial charge in [-0.3, -0.25) is 4.68 Å². The summed E-state index contributed by atoms with van der Waals surface area (Å²) < 4.78 is 44.6. The first kappa shape index (κ1) is 18.1. The van der Waals surface area contributed by atoms with E-state index in [2.05, 4.69) is 11.7 Å². The molecule has 6 heteroatoms. The highest BCUT2D eigenvalue weighted by molar-refractivity contribution is 5.75. The van der Waals surface area contributed by atoms with Gasteiger partial charge in [-0.25, -0.2) is 0 Å². The molecule has 0 amide bonds. The van der Waals surface area contributed by atoms with Crippen LogP contribution in [0.5, 0.6) is 0 Å². The third-order valence-electron chi connectivity index (χ3n) is 3.47. The summed E-state index contributed by atoms with van der Waals surface area (Å²) in [6, 6.07) is 1.00. The summed E-state index contributed by atoms with van der Waals surface area (Å²) in [4.78, 5) is 0. The van der Waals surface area contributed by atoms with Gasteiger partial charge < -0.3 is 4.74 Å². The normalized spacial score (nSPS) is 13.9. The molecule has 0 atom stereocenters. The number of nitrogens with zero attached hydrogens (tertiary/aromatic N) is 2. The lowest BCUT2D eigenvalue weighted by Gasteiger charge is -2.10. The second kappa shape index (κ2) is 6.85. The second-order valence-corrected chi connectivity index (χ2v) is 5.04. The van der Waals surface area contributed by atoms with Gasteiger partial charge in [0.15, 0.2) is 5.69 Å². The first-order chi connectivity index (χ1) is 10.1. The molecule has 0 radical (unpaired) electrons. The highest BCUT2D eigenvalue weighted by Crippen LogP contribution is 2.31. The molecule has 0 spiro atoms. The Morgan fingerprint density at radius 2 is 2.00 bits per heavy atom. The molecule has 0 saturated carbocycles. The Labute approximate surface area is 128 Å². The Morgan fingerprint density at radius 3 is 2.41 bits per heavy atom. The maximum Gasteiger partial charge on any atom is 0.435 e. The predicted molar refractivity (Wildman–Crippen MR) is 81.0 cm³/mol. The fourth-order valence-corrected chi connectivity index (χ4v) is 1.90. The average Bonchev–Trinajstić information content (AvgIpc) is 2.84. The van der Waals surface area contributed by atoms with Crippen molar-refractivity contribution in [2.45, 2.75) is 33.4 Å². The Morgan fingerprint density at radius 1 is 1.41 bits per heavy atom. The van der Waals surface area contributed by atoms with E-state index in [-0.39, 0.29) is 0 Å². The predicted octanol–water partition coefficient (Wildman–Crippen LogP) is 4.73. The molecule has 0 saturated heterocycles. The van der Waals surface area contributed by atoms with Gasteiger partial charge in [0.1, 0.15) is 5.76 Å². The molecular weight excluding hydrogens is 293 g/mol. The topological polar surface area (TPSA) is 27.1 Å². The smallest absolute Gasteiger partial charge is 0.435 e. The van der Waals surface area contributed by atoms with Crippen molar-refractivity contribution >= 4 is 5.57 Å². The van der Waals surface area contributed by atoms with Gasteiger partial charge in [0.2, 0.25) is 0 Å². The second-order valence-electron chi connectivity index (χ2n) is 5.04. The van der Waals surface area contributed by atoms with Crippen LogP contribution >= 0.6 is 0 Å². The van der Waals surface area contributed by atoms with E-state index in [1.165, 1.54) is 11.7 Å². The first-order valence-corrected chi connectivity index (χ1v) is 6.84. The fourth-order valence-electron chi connectivity index (χ4n) is 1.90. The lowest BCUT2D eigenvalue weighted by atomic mass is 10.0. The number of aryl methyl sites for hydroxylation is 1. The zero-order chi connectivity index (χ0) is 17.1. The van der Waals surface area contributed by atoms with Crippen LogP contribution in [0.3, 0.4) is 0 Å². The van der Waals surface area contributed by atoms with Crippen molar-refractivity contribution in [3.05, 3.63) is 47.0 Å². The number of rotatable bonds is 5. The molecule has 0 aliphatic heterocycles. The van der Waals surface area contributed by atoms with Gasteiger partial charge in [0.25, 0.3) is 0 Å². The quantitative estimate of drug-likeness (QED) is 0.580. The molecule has 1 heterocycles. The van der Waals surface area contributed by atoms with Crippen molar-refractivity contribution in [3.8, 4) is 0 Å². The highest BCUT2D eigenvalue weighted by Gasteiger charge is 2.34. The number of halogens is 3. The number of allylic oxidation sites excluding steroid dienone is 4. The van der Waals surface area contributed by atoms with Crippen molar-refractivity contribution in [1.29, 1.82) is 0 Å². The number of hydrogen-bond acceptors (Lipinski definition) is 2. The average molecular weight is 314 g/mol. The monoisotopic (exact) mass is 314 g/mol. The largest absolute Gasteiger partial charge is 0.497 e. The number of aromatic nitrogens is 2. The van der Waals surface area contributed by atoms with Crippen LogP contribution < -0.4 is 0 Å². The third-order valence-corrected chi connectivity index (χ3v) is 3.47. The van der Waals surface area contributed by atoms with Crippen LogP contribution in [0.4, 0.5) is 13.2 Å². The Hall–Kier alpha value is -1.98. The minimum atomic E-state index is -4.47. The van der Waals surface area contributed by atoms with E-state index >= 15 is 0 Å². The lowest BCUT2D eigenvalue weighted by molar-refractivity contribution is -0.141. The van der Waals surface area contributed by atoms with Gasteiger partial charge in [-0.2, -0.15) is 18.3 Å². The third kappa shape index (κ3) is 4.02. The zero-order valence-corrected chi connectivity index (χ0v) is 13.5. The Kier molecular flexibility index (Phi) is 5.63. The maximum absolute atomic E-state index is 12.7. The van der Waals surface area contributed by atoms with E-state index in [9.17, 15) is 13.2 Å². The molecule has 3 nitrogen and oxygen atoms in total. The first-order valence-electron chi connectivity index (χ1n) is 6.84. The van der Waals surface area contributed by atoms with Gasteiger partial charge in [-0.1, -0.05) is 13.5 Å². The van der Waals surface area contributed by atoms with Crippen molar-refractivity contribution in [3.63, 3.8) is 0 Å². The van der Waals surface area contributed by atoms with Crippen LogP contribution in [0.1, 0.15) is 38.6 Å². The van der Waals surface area contributed by atoms with Crippen LogP contribution in [-0.2, 0) is 18.0 Å². The molecule has 0 fully saturated rings. The van der Waals surface area contributed by atoms with Gasteiger partial charge in [0, 0.05) is 7.05 Å². The number of hydrogen-bond donors (Lipinski definition) is 0. The molecule has 1 aromatic rings. The van der Waals surface area contributed by atoms with Crippen LogP contribution in [0.2, 0.25) is 0 Å². The number of ether oxygens (including phenoxy) is 1. The van der Waals surface area contributed by atoms with Gasteiger partial charge in [-0.15, -0.1) is 0 Å². The van der Waals surface area contributed by atoms with Crippen molar-refractivity contribution in [1.82, 2.24) is 9.78 Å². The molecule has 0 aromatic carbocycles. The van der Waals surface area contributed by atoms with Crippen LogP contribution in [-0.4, -0.2) is 16.9 Å². The van der Waals surface area contributed by atoms with Crippen LogP contribution in [0.25, 0.3) is 5.57 Å². The molecule has 122 valence electrons. The minimum absolute atomic E-state index is 0.325. The molecule has 22 heavy (non-hydrogen) atoms.